The minimum Gasteiger partial charge on any atom is -0.493 e. The predicted molar refractivity (Wildman–Crippen MR) is 141 cm³/mol. The minimum atomic E-state index is -0.388. The standard InChI is InChI=1S/C30H33NO5/c1-31(20-19-24-7-4-3-5-8-24)29(32)23-26-11-16-28(17-12-26)36-22-6-21-35-27-14-9-25(10-15-27)13-18-30(33)34-2/h3-5,7-18H,6,19-23H2,1-2H3/b18-13+. The molecule has 0 bridgehead atoms. The molecule has 3 aromatic carbocycles. The van der Waals surface area contributed by atoms with E-state index in [0.717, 1.165) is 35.5 Å². The summed E-state index contributed by atoms with van der Waals surface area (Å²) < 4.78 is 16.1. The molecule has 0 N–H and O–H groups in total. The molecule has 3 aromatic rings. The number of benzene rings is 3. The first-order valence-corrected chi connectivity index (χ1v) is 12.0. The summed E-state index contributed by atoms with van der Waals surface area (Å²) in [6.45, 7) is 1.75. The molecular weight excluding hydrogens is 454 g/mol. The van der Waals surface area contributed by atoms with Crippen molar-refractivity contribution >= 4 is 18.0 Å². The van der Waals surface area contributed by atoms with Crippen LogP contribution in [0.5, 0.6) is 11.5 Å². The van der Waals surface area contributed by atoms with Crippen molar-refractivity contribution < 1.29 is 23.8 Å². The number of likely N-dealkylation sites (N-methyl/N-ethyl adjacent to an activating group) is 1. The average molecular weight is 488 g/mol. The van der Waals surface area contributed by atoms with E-state index in [1.807, 2.05) is 73.8 Å². The fourth-order valence-electron chi connectivity index (χ4n) is 3.43. The zero-order valence-corrected chi connectivity index (χ0v) is 20.9. The van der Waals surface area contributed by atoms with Crippen LogP contribution < -0.4 is 9.47 Å². The van der Waals surface area contributed by atoms with Gasteiger partial charge in [-0.25, -0.2) is 4.79 Å². The van der Waals surface area contributed by atoms with Crippen molar-refractivity contribution in [2.24, 2.45) is 0 Å². The number of hydrogen-bond acceptors (Lipinski definition) is 5. The predicted octanol–water partition coefficient (Wildman–Crippen LogP) is 4.96. The van der Waals surface area contributed by atoms with Crippen LogP contribution in [0.15, 0.2) is 84.9 Å². The Morgan fingerprint density at radius 3 is 2.03 bits per heavy atom. The molecule has 36 heavy (non-hydrogen) atoms. The summed E-state index contributed by atoms with van der Waals surface area (Å²) in [5.41, 5.74) is 3.08. The van der Waals surface area contributed by atoms with Gasteiger partial charge in [0.25, 0.3) is 0 Å². The van der Waals surface area contributed by atoms with Crippen molar-refractivity contribution in [3.05, 3.63) is 102 Å². The Balaban J connectivity index is 1.32. The molecule has 0 aliphatic rings. The number of esters is 1. The Labute approximate surface area is 213 Å². The number of carbonyl (C=O) groups excluding carboxylic acids is 2. The molecule has 0 aliphatic carbocycles. The summed E-state index contributed by atoms with van der Waals surface area (Å²) in [5, 5.41) is 0. The summed E-state index contributed by atoms with van der Waals surface area (Å²) in [4.78, 5) is 25.5. The normalized spacial score (nSPS) is 10.7. The second kappa shape index (κ2) is 14.4. The van der Waals surface area contributed by atoms with Crippen molar-refractivity contribution in [2.75, 3.05) is 33.9 Å². The van der Waals surface area contributed by atoms with Crippen LogP contribution >= 0.6 is 0 Å². The van der Waals surface area contributed by atoms with Crippen LogP contribution in [0.25, 0.3) is 6.08 Å². The van der Waals surface area contributed by atoms with Crippen LogP contribution in [-0.2, 0) is 27.2 Å². The number of nitrogens with zero attached hydrogens (tertiary/aromatic N) is 1. The summed E-state index contributed by atoms with van der Waals surface area (Å²) in [6, 6.07) is 25.3. The maximum absolute atomic E-state index is 12.5. The van der Waals surface area contributed by atoms with E-state index >= 15 is 0 Å². The molecule has 1 amide bonds. The maximum atomic E-state index is 12.5. The minimum absolute atomic E-state index is 0.101. The van der Waals surface area contributed by atoms with Crippen LogP contribution in [0, 0.1) is 0 Å². The van der Waals surface area contributed by atoms with Gasteiger partial charge in [0.2, 0.25) is 5.91 Å². The topological polar surface area (TPSA) is 65.1 Å². The lowest BCUT2D eigenvalue weighted by atomic mass is 10.1. The molecule has 0 saturated carbocycles. The quantitative estimate of drug-likeness (QED) is 0.194. The molecule has 0 atom stereocenters. The van der Waals surface area contributed by atoms with Gasteiger partial charge in [0, 0.05) is 26.1 Å². The van der Waals surface area contributed by atoms with Gasteiger partial charge in [0.05, 0.1) is 26.7 Å². The van der Waals surface area contributed by atoms with Gasteiger partial charge in [-0.05, 0) is 53.5 Å². The molecule has 6 nitrogen and oxygen atoms in total. The van der Waals surface area contributed by atoms with Crippen LogP contribution in [-0.4, -0.2) is 50.7 Å². The second-order valence-electron chi connectivity index (χ2n) is 8.35. The lowest BCUT2D eigenvalue weighted by molar-refractivity contribution is -0.134. The van der Waals surface area contributed by atoms with Crippen molar-refractivity contribution in [3.63, 3.8) is 0 Å². The van der Waals surface area contributed by atoms with Crippen molar-refractivity contribution in [1.82, 2.24) is 4.90 Å². The van der Waals surface area contributed by atoms with Gasteiger partial charge in [-0.2, -0.15) is 0 Å². The number of ether oxygens (including phenoxy) is 3. The Bertz CT molecular complexity index is 1110. The number of carbonyl (C=O) groups is 2. The number of methoxy groups -OCH3 is 1. The van der Waals surface area contributed by atoms with Crippen molar-refractivity contribution in [1.29, 1.82) is 0 Å². The van der Waals surface area contributed by atoms with E-state index in [9.17, 15) is 9.59 Å². The monoisotopic (exact) mass is 487 g/mol. The third-order valence-corrected chi connectivity index (χ3v) is 5.60. The maximum Gasteiger partial charge on any atom is 0.330 e. The fraction of sp³-hybridized carbons (Fsp3) is 0.267. The van der Waals surface area contributed by atoms with Crippen LogP contribution in [0.4, 0.5) is 0 Å². The molecule has 0 spiro atoms. The van der Waals surface area contributed by atoms with Gasteiger partial charge >= 0.3 is 5.97 Å². The highest BCUT2D eigenvalue weighted by atomic mass is 16.5. The van der Waals surface area contributed by atoms with Gasteiger partial charge in [0.15, 0.2) is 0 Å². The van der Waals surface area contributed by atoms with Gasteiger partial charge < -0.3 is 19.1 Å². The number of amides is 1. The summed E-state index contributed by atoms with van der Waals surface area (Å²) in [7, 11) is 3.20. The Kier molecular flexibility index (Phi) is 10.6. The Morgan fingerprint density at radius 1 is 0.806 bits per heavy atom. The molecule has 0 heterocycles. The summed E-state index contributed by atoms with van der Waals surface area (Å²) >= 11 is 0. The van der Waals surface area contributed by atoms with E-state index < -0.39 is 0 Å². The van der Waals surface area contributed by atoms with Crippen molar-refractivity contribution in [2.45, 2.75) is 19.3 Å². The molecule has 6 heteroatoms. The van der Waals surface area contributed by atoms with Crippen LogP contribution in [0.1, 0.15) is 23.1 Å². The smallest absolute Gasteiger partial charge is 0.330 e. The number of hydrogen-bond donors (Lipinski definition) is 0. The first kappa shape index (κ1) is 26.5. The zero-order valence-electron chi connectivity index (χ0n) is 20.9. The third-order valence-electron chi connectivity index (χ3n) is 5.60. The van der Waals surface area contributed by atoms with Crippen molar-refractivity contribution in [3.8, 4) is 11.5 Å². The first-order valence-electron chi connectivity index (χ1n) is 12.0. The van der Waals surface area contributed by atoms with Gasteiger partial charge in [-0.15, -0.1) is 0 Å². The lowest BCUT2D eigenvalue weighted by Crippen LogP contribution is -2.30. The highest BCUT2D eigenvalue weighted by Crippen LogP contribution is 2.15. The highest BCUT2D eigenvalue weighted by Gasteiger charge is 2.10. The molecule has 0 saturated heterocycles. The van der Waals surface area contributed by atoms with Gasteiger partial charge in [0.1, 0.15) is 11.5 Å². The molecular formula is C30H33NO5. The first-order chi connectivity index (χ1) is 17.5. The van der Waals surface area contributed by atoms with E-state index in [1.54, 1.807) is 11.0 Å². The number of rotatable bonds is 13. The second-order valence-corrected chi connectivity index (χ2v) is 8.35. The van der Waals surface area contributed by atoms with Gasteiger partial charge in [-0.1, -0.05) is 54.6 Å². The molecule has 3 rings (SSSR count). The Morgan fingerprint density at radius 2 is 1.42 bits per heavy atom. The van der Waals surface area contributed by atoms with E-state index in [-0.39, 0.29) is 11.9 Å². The van der Waals surface area contributed by atoms with E-state index in [4.69, 9.17) is 9.47 Å². The third kappa shape index (κ3) is 9.29. The zero-order chi connectivity index (χ0) is 25.6. The SMILES string of the molecule is COC(=O)/C=C/c1ccc(OCCCOc2ccc(CC(=O)N(C)CCc3ccccc3)cc2)cc1. The van der Waals surface area contributed by atoms with E-state index in [2.05, 4.69) is 16.9 Å². The fourth-order valence-corrected chi connectivity index (χ4v) is 3.43. The molecule has 0 unspecified atom stereocenters. The highest BCUT2D eigenvalue weighted by molar-refractivity contribution is 5.86. The van der Waals surface area contributed by atoms with Crippen LogP contribution in [0.2, 0.25) is 0 Å². The molecule has 0 aliphatic heterocycles. The molecule has 0 aromatic heterocycles. The largest absolute Gasteiger partial charge is 0.493 e. The molecule has 0 radical (unpaired) electrons. The summed E-state index contributed by atoms with van der Waals surface area (Å²) in [6.07, 6.45) is 5.02. The van der Waals surface area contributed by atoms with Crippen LogP contribution in [0.3, 0.4) is 0 Å². The molecule has 188 valence electrons. The Hall–Kier alpha value is -4.06. The lowest BCUT2D eigenvalue weighted by Gasteiger charge is -2.17. The van der Waals surface area contributed by atoms with E-state index in [0.29, 0.717) is 26.2 Å². The van der Waals surface area contributed by atoms with E-state index in [1.165, 1.54) is 18.7 Å². The summed E-state index contributed by atoms with van der Waals surface area (Å²) in [5.74, 6) is 1.24. The van der Waals surface area contributed by atoms with Gasteiger partial charge in [-0.3, -0.25) is 4.79 Å². The molecule has 0 fully saturated rings. The average Bonchev–Trinajstić information content (AvgIpc) is 2.92.